The topological polar surface area (TPSA) is 49.3 Å². The number of carbonyl (C=O) groups excluding carboxylic acids is 1. The second kappa shape index (κ2) is 8.45. The molecule has 0 N–H and O–H groups in total. The van der Waals surface area contributed by atoms with Gasteiger partial charge in [-0.15, -0.1) is 0 Å². The van der Waals surface area contributed by atoms with E-state index in [4.69, 9.17) is 0 Å². The standard InChI is InChI=1S/C19H32N4O/c1-6-9-10-15(7-2)19(24)23-12-11-17-16(13-23)18(22(5)8-3)21-14(4)20-17/h15H,6-13H2,1-5H3. The van der Waals surface area contributed by atoms with Crippen molar-refractivity contribution in [3.63, 3.8) is 0 Å². The van der Waals surface area contributed by atoms with Gasteiger partial charge in [-0.05, 0) is 26.7 Å². The minimum Gasteiger partial charge on any atom is -0.360 e. The van der Waals surface area contributed by atoms with E-state index in [1.807, 2.05) is 11.8 Å². The molecule has 134 valence electrons. The zero-order valence-corrected chi connectivity index (χ0v) is 15.9. The first-order valence-electron chi connectivity index (χ1n) is 9.38. The van der Waals surface area contributed by atoms with Crippen molar-refractivity contribution in [2.45, 2.75) is 66.3 Å². The fourth-order valence-electron chi connectivity index (χ4n) is 3.38. The Labute approximate surface area is 146 Å². The number of amides is 1. The molecule has 0 radical (unpaired) electrons. The third-order valence-corrected chi connectivity index (χ3v) is 5.05. The van der Waals surface area contributed by atoms with Crippen molar-refractivity contribution in [3.05, 3.63) is 17.1 Å². The van der Waals surface area contributed by atoms with E-state index in [1.54, 1.807) is 0 Å². The molecule has 5 nitrogen and oxygen atoms in total. The Kier molecular flexibility index (Phi) is 6.58. The van der Waals surface area contributed by atoms with Gasteiger partial charge in [0.15, 0.2) is 0 Å². The van der Waals surface area contributed by atoms with Gasteiger partial charge in [0.25, 0.3) is 0 Å². The summed E-state index contributed by atoms with van der Waals surface area (Å²) in [5.74, 6) is 2.27. The first kappa shape index (κ1) is 18.7. The molecule has 24 heavy (non-hydrogen) atoms. The van der Waals surface area contributed by atoms with Crippen LogP contribution in [0.3, 0.4) is 0 Å². The van der Waals surface area contributed by atoms with Gasteiger partial charge in [0, 0.05) is 38.0 Å². The van der Waals surface area contributed by atoms with Gasteiger partial charge in [-0.25, -0.2) is 9.97 Å². The van der Waals surface area contributed by atoms with E-state index >= 15 is 0 Å². The van der Waals surface area contributed by atoms with Crippen LogP contribution in [0.2, 0.25) is 0 Å². The minimum atomic E-state index is 0.158. The van der Waals surface area contributed by atoms with Crippen LogP contribution in [-0.4, -0.2) is 40.9 Å². The lowest BCUT2D eigenvalue weighted by molar-refractivity contribution is -0.136. The number of unbranched alkanes of at least 4 members (excludes halogenated alkanes) is 1. The number of hydrogen-bond donors (Lipinski definition) is 0. The molecule has 1 aromatic heterocycles. The molecule has 1 aromatic rings. The Morgan fingerprint density at radius 1 is 1.29 bits per heavy atom. The van der Waals surface area contributed by atoms with Crippen molar-refractivity contribution in [3.8, 4) is 0 Å². The summed E-state index contributed by atoms with van der Waals surface area (Å²) in [6.07, 6.45) is 5.03. The van der Waals surface area contributed by atoms with Crippen LogP contribution in [0.5, 0.6) is 0 Å². The average molecular weight is 332 g/mol. The van der Waals surface area contributed by atoms with E-state index in [0.29, 0.717) is 12.5 Å². The van der Waals surface area contributed by atoms with Gasteiger partial charge in [-0.3, -0.25) is 4.79 Å². The lowest BCUT2D eigenvalue weighted by Gasteiger charge is -2.33. The summed E-state index contributed by atoms with van der Waals surface area (Å²) in [5.41, 5.74) is 2.25. The summed E-state index contributed by atoms with van der Waals surface area (Å²) < 4.78 is 0. The van der Waals surface area contributed by atoms with Gasteiger partial charge in [-0.2, -0.15) is 0 Å². The number of nitrogens with zero attached hydrogens (tertiary/aromatic N) is 4. The highest BCUT2D eigenvalue weighted by Gasteiger charge is 2.29. The van der Waals surface area contributed by atoms with Gasteiger partial charge < -0.3 is 9.80 Å². The van der Waals surface area contributed by atoms with Crippen LogP contribution in [0.4, 0.5) is 5.82 Å². The van der Waals surface area contributed by atoms with E-state index in [-0.39, 0.29) is 5.92 Å². The molecule has 1 aliphatic heterocycles. The van der Waals surface area contributed by atoms with Gasteiger partial charge in [0.2, 0.25) is 5.91 Å². The molecular weight excluding hydrogens is 300 g/mol. The fourth-order valence-corrected chi connectivity index (χ4v) is 3.38. The molecule has 0 spiro atoms. The van der Waals surface area contributed by atoms with Gasteiger partial charge in [0.1, 0.15) is 11.6 Å². The first-order chi connectivity index (χ1) is 11.5. The quantitative estimate of drug-likeness (QED) is 0.768. The van der Waals surface area contributed by atoms with Gasteiger partial charge in [0.05, 0.1) is 12.2 Å². The van der Waals surface area contributed by atoms with Crippen LogP contribution in [0, 0.1) is 12.8 Å². The zero-order valence-electron chi connectivity index (χ0n) is 15.9. The number of rotatable bonds is 7. The average Bonchev–Trinajstić information content (AvgIpc) is 2.60. The van der Waals surface area contributed by atoms with Crippen LogP contribution in [0.1, 0.15) is 63.5 Å². The second-order valence-corrected chi connectivity index (χ2v) is 6.79. The SMILES string of the molecule is CCCCC(CC)C(=O)N1CCc2nc(C)nc(N(C)CC)c2C1. The molecule has 0 aliphatic carbocycles. The molecular formula is C19H32N4O. The monoisotopic (exact) mass is 332 g/mol. The third-order valence-electron chi connectivity index (χ3n) is 5.05. The first-order valence-corrected chi connectivity index (χ1v) is 9.38. The van der Waals surface area contributed by atoms with Crippen LogP contribution in [-0.2, 0) is 17.8 Å². The molecule has 1 aliphatic rings. The highest BCUT2D eigenvalue weighted by Crippen LogP contribution is 2.28. The number of hydrogen-bond acceptors (Lipinski definition) is 4. The van der Waals surface area contributed by atoms with Crippen molar-refractivity contribution in [2.75, 3.05) is 25.0 Å². The molecule has 5 heteroatoms. The second-order valence-electron chi connectivity index (χ2n) is 6.79. The predicted octanol–water partition coefficient (Wildman–Crippen LogP) is 3.34. The molecule has 1 atom stereocenters. The Balaban J connectivity index is 2.22. The van der Waals surface area contributed by atoms with Gasteiger partial charge >= 0.3 is 0 Å². The highest BCUT2D eigenvalue weighted by atomic mass is 16.2. The highest BCUT2D eigenvalue weighted by molar-refractivity contribution is 5.79. The Hall–Kier alpha value is -1.65. The summed E-state index contributed by atoms with van der Waals surface area (Å²) in [5, 5.41) is 0. The lowest BCUT2D eigenvalue weighted by Crippen LogP contribution is -2.41. The normalized spacial score (nSPS) is 15.1. The predicted molar refractivity (Wildman–Crippen MR) is 98.1 cm³/mol. The molecule has 0 saturated heterocycles. The molecule has 0 fully saturated rings. The molecule has 0 aromatic carbocycles. The van der Waals surface area contributed by atoms with Crippen LogP contribution in [0.25, 0.3) is 0 Å². The van der Waals surface area contributed by atoms with E-state index < -0.39 is 0 Å². The molecule has 1 amide bonds. The fraction of sp³-hybridized carbons (Fsp3) is 0.737. The van der Waals surface area contributed by atoms with Crippen molar-refractivity contribution in [2.24, 2.45) is 5.92 Å². The van der Waals surface area contributed by atoms with E-state index in [9.17, 15) is 4.79 Å². The Morgan fingerprint density at radius 3 is 2.67 bits per heavy atom. The largest absolute Gasteiger partial charge is 0.360 e. The number of aromatic nitrogens is 2. The molecule has 0 saturated carbocycles. The van der Waals surface area contributed by atoms with Crippen LogP contribution in [0.15, 0.2) is 0 Å². The summed E-state index contributed by atoms with van der Waals surface area (Å²) in [6.45, 7) is 10.7. The third kappa shape index (κ3) is 4.05. The van der Waals surface area contributed by atoms with Gasteiger partial charge in [-0.1, -0.05) is 26.7 Å². The van der Waals surface area contributed by atoms with E-state index in [2.05, 4.69) is 42.7 Å². The summed E-state index contributed by atoms with van der Waals surface area (Å²) >= 11 is 0. The summed E-state index contributed by atoms with van der Waals surface area (Å²) in [4.78, 5) is 26.4. The van der Waals surface area contributed by atoms with Crippen LogP contribution >= 0.6 is 0 Å². The maximum Gasteiger partial charge on any atom is 0.225 e. The van der Waals surface area contributed by atoms with E-state index in [0.717, 1.165) is 68.1 Å². The summed E-state index contributed by atoms with van der Waals surface area (Å²) in [7, 11) is 2.05. The minimum absolute atomic E-state index is 0.158. The molecule has 2 heterocycles. The number of carbonyl (C=O) groups is 1. The zero-order chi connectivity index (χ0) is 17.7. The van der Waals surface area contributed by atoms with Crippen LogP contribution < -0.4 is 4.90 Å². The van der Waals surface area contributed by atoms with Crippen molar-refractivity contribution in [1.82, 2.24) is 14.9 Å². The Morgan fingerprint density at radius 2 is 2.04 bits per heavy atom. The van der Waals surface area contributed by atoms with Crippen molar-refractivity contribution < 1.29 is 4.79 Å². The summed E-state index contributed by atoms with van der Waals surface area (Å²) in [6, 6.07) is 0. The molecule has 2 rings (SSSR count). The smallest absolute Gasteiger partial charge is 0.225 e. The van der Waals surface area contributed by atoms with E-state index in [1.165, 1.54) is 0 Å². The Bertz CT molecular complexity index is 573. The van der Waals surface area contributed by atoms with Crippen molar-refractivity contribution >= 4 is 11.7 Å². The van der Waals surface area contributed by atoms with Crippen molar-refractivity contribution in [1.29, 1.82) is 0 Å². The number of fused-ring (bicyclic) bond motifs is 1. The number of aryl methyl sites for hydroxylation is 1. The molecule has 0 bridgehead atoms. The maximum atomic E-state index is 12.9. The molecule has 1 unspecified atom stereocenters. The lowest BCUT2D eigenvalue weighted by atomic mass is 9.96. The maximum absolute atomic E-state index is 12.9. The number of anilines is 1.